The van der Waals surface area contributed by atoms with Crippen molar-refractivity contribution in [3.63, 3.8) is 0 Å². The van der Waals surface area contributed by atoms with Gasteiger partial charge < -0.3 is 4.74 Å². The van der Waals surface area contributed by atoms with E-state index >= 15 is 0 Å². The average Bonchev–Trinajstić information content (AvgIpc) is 2.53. The third-order valence-corrected chi connectivity index (χ3v) is 6.26. The summed E-state index contributed by atoms with van der Waals surface area (Å²) in [6.07, 6.45) is 1.04. The minimum absolute atomic E-state index is 0.0247. The number of methoxy groups -OCH3 is 1. The molecule has 0 spiro atoms. The molecular weight excluding hydrogens is 369 g/mol. The van der Waals surface area contributed by atoms with Gasteiger partial charge in [0.2, 0.25) is 10.0 Å². The Hall–Kier alpha value is -1.97. The molecule has 6 nitrogen and oxygen atoms in total. The molecular formula is C16H18FNO5S2. The second-order valence-corrected chi connectivity index (χ2v) is 9.21. The summed E-state index contributed by atoms with van der Waals surface area (Å²) in [6, 6.07) is 8.33. The Morgan fingerprint density at radius 2 is 1.56 bits per heavy atom. The van der Waals surface area contributed by atoms with Crippen LogP contribution in [0.5, 0.6) is 5.75 Å². The Balaban J connectivity index is 2.24. The summed E-state index contributed by atoms with van der Waals surface area (Å²) in [5.74, 6) is -0.529. The lowest BCUT2D eigenvalue weighted by Gasteiger charge is -2.15. The lowest BCUT2D eigenvalue weighted by atomic mass is 10.1. The molecule has 0 radical (unpaired) electrons. The molecule has 0 bridgehead atoms. The molecule has 0 aliphatic heterocycles. The van der Waals surface area contributed by atoms with Gasteiger partial charge in [0.05, 0.1) is 16.9 Å². The van der Waals surface area contributed by atoms with Gasteiger partial charge in [-0.05, 0) is 48.9 Å². The van der Waals surface area contributed by atoms with Crippen molar-refractivity contribution >= 4 is 19.9 Å². The van der Waals surface area contributed by atoms with E-state index in [4.69, 9.17) is 4.74 Å². The molecule has 0 aliphatic rings. The van der Waals surface area contributed by atoms with E-state index in [1.807, 2.05) is 0 Å². The van der Waals surface area contributed by atoms with Gasteiger partial charge in [0, 0.05) is 12.3 Å². The van der Waals surface area contributed by atoms with E-state index in [1.165, 1.54) is 43.5 Å². The summed E-state index contributed by atoms with van der Waals surface area (Å²) in [5.41, 5.74) is 0.426. The highest BCUT2D eigenvalue weighted by Gasteiger charge is 2.20. The van der Waals surface area contributed by atoms with Gasteiger partial charge in [0.1, 0.15) is 0 Å². The summed E-state index contributed by atoms with van der Waals surface area (Å²) in [4.78, 5) is -0.0579. The van der Waals surface area contributed by atoms with Crippen LogP contribution >= 0.6 is 0 Å². The maximum atomic E-state index is 13.8. The molecule has 0 saturated carbocycles. The van der Waals surface area contributed by atoms with E-state index in [0.29, 0.717) is 5.56 Å². The second kappa shape index (κ2) is 7.11. The topological polar surface area (TPSA) is 89.5 Å². The number of sulfonamides is 1. The normalized spacial score (nSPS) is 13.4. The van der Waals surface area contributed by atoms with Gasteiger partial charge >= 0.3 is 0 Å². The zero-order valence-electron chi connectivity index (χ0n) is 13.9. The number of halogens is 1. The van der Waals surface area contributed by atoms with Crippen LogP contribution in [0.25, 0.3) is 0 Å². The van der Waals surface area contributed by atoms with E-state index < -0.39 is 31.7 Å². The van der Waals surface area contributed by atoms with Crippen LogP contribution in [-0.4, -0.2) is 30.2 Å². The van der Waals surface area contributed by atoms with E-state index in [9.17, 15) is 21.2 Å². The standard InChI is InChI=1S/C16H18FNO5S2/c1-11(12-4-9-16(23-2)15(17)10-12)18-25(21,22)14-7-5-13(6-8-14)24(3,19)20/h4-11,18H,1-3H3/t11-/m1/s1. The van der Waals surface area contributed by atoms with Crippen LogP contribution in [-0.2, 0) is 19.9 Å². The Labute approximate surface area is 146 Å². The first kappa shape index (κ1) is 19.4. The van der Waals surface area contributed by atoms with Crippen LogP contribution in [0.4, 0.5) is 4.39 Å². The van der Waals surface area contributed by atoms with Crippen molar-refractivity contribution in [2.75, 3.05) is 13.4 Å². The average molecular weight is 387 g/mol. The van der Waals surface area contributed by atoms with Crippen molar-refractivity contribution in [1.29, 1.82) is 0 Å². The van der Waals surface area contributed by atoms with Crippen molar-refractivity contribution in [3.05, 3.63) is 53.8 Å². The van der Waals surface area contributed by atoms with E-state index in [-0.39, 0.29) is 15.5 Å². The lowest BCUT2D eigenvalue weighted by Crippen LogP contribution is -2.27. The van der Waals surface area contributed by atoms with Crippen LogP contribution in [0.3, 0.4) is 0 Å². The lowest BCUT2D eigenvalue weighted by molar-refractivity contribution is 0.386. The van der Waals surface area contributed by atoms with Gasteiger partial charge in [0.15, 0.2) is 21.4 Å². The fraction of sp³-hybridized carbons (Fsp3) is 0.250. The number of rotatable bonds is 6. The van der Waals surface area contributed by atoms with Crippen LogP contribution in [0, 0.1) is 5.82 Å². The first-order chi connectivity index (χ1) is 11.5. The molecule has 25 heavy (non-hydrogen) atoms. The van der Waals surface area contributed by atoms with Crippen LogP contribution < -0.4 is 9.46 Å². The minimum atomic E-state index is -3.90. The first-order valence-corrected chi connectivity index (χ1v) is 10.6. The number of hydrogen-bond acceptors (Lipinski definition) is 5. The molecule has 0 heterocycles. The van der Waals surface area contributed by atoms with Gasteiger partial charge in [-0.1, -0.05) is 6.07 Å². The van der Waals surface area contributed by atoms with Gasteiger partial charge in [0.25, 0.3) is 0 Å². The molecule has 0 unspecified atom stereocenters. The third-order valence-electron chi connectivity index (χ3n) is 3.57. The highest BCUT2D eigenvalue weighted by Crippen LogP contribution is 2.23. The Bertz CT molecular complexity index is 970. The predicted molar refractivity (Wildman–Crippen MR) is 91.2 cm³/mol. The number of hydrogen-bond donors (Lipinski definition) is 1. The molecule has 2 aromatic carbocycles. The summed E-state index contributed by atoms with van der Waals surface area (Å²) in [5, 5.41) is 0. The van der Waals surface area contributed by atoms with Crippen molar-refractivity contribution in [1.82, 2.24) is 4.72 Å². The summed E-state index contributed by atoms with van der Waals surface area (Å²) in [6.45, 7) is 1.57. The number of ether oxygens (including phenoxy) is 1. The highest BCUT2D eigenvalue weighted by molar-refractivity contribution is 7.90. The maximum Gasteiger partial charge on any atom is 0.241 e. The molecule has 0 fully saturated rings. The summed E-state index contributed by atoms with van der Waals surface area (Å²) in [7, 11) is -5.97. The van der Waals surface area contributed by atoms with E-state index in [2.05, 4.69) is 4.72 Å². The van der Waals surface area contributed by atoms with Crippen molar-refractivity contribution < 1.29 is 26.0 Å². The maximum absolute atomic E-state index is 13.8. The molecule has 0 aliphatic carbocycles. The molecule has 0 aromatic heterocycles. The Morgan fingerprint density at radius 3 is 2.04 bits per heavy atom. The SMILES string of the molecule is COc1ccc([C@@H](C)NS(=O)(=O)c2ccc(S(C)(=O)=O)cc2)cc1F. The largest absolute Gasteiger partial charge is 0.494 e. The van der Waals surface area contributed by atoms with Crippen molar-refractivity contribution in [3.8, 4) is 5.75 Å². The Morgan fingerprint density at radius 1 is 1.00 bits per heavy atom. The smallest absolute Gasteiger partial charge is 0.241 e. The molecule has 0 saturated heterocycles. The molecule has 1 atom stereocenters. The zero-order chi connectivity index (χ0) is 18.8. The number of benzene rings is 2. The van der Waals surface area contributed by atoms with E-state index in [1.54, 1.807) is 13.0 Å². The Kier molecular flexibility index (Phi) is 5.50. The van der Waals surface area contributed by atoms with Gasteiger partial charge in [-0.3, -0.25) is 0 Å². The van der Waals surface area contributed by atoms with Crippen LogP contribution in [0.2, 0.25) is 0 Å². The third kappa shape index (κ3) is 4.56. The van der Waals surface area contributed by atoms with Crippen LogP contribution in [0.15, 0.2) is 52.3 Å². The predicted octanol–water partition coefficient (Wildman–Crippen LogP) is 2.28. The monoisotopic (exact) mass is 387 g/mol. The van der Waals surface area contributed by atoms with Crippen molar-refractivity contribution in [2.24, 2.45) is 0 Å². The molecule has 2 aromatic rings. The van der Waals surface area contributed by atoms with Gasteiger partial charge in [-0.2, -0.15) is 0 Å². The fourth-order valence-corrected chi connectivity index (χ4v) is 4.05. The summed E-state index contributed by atoms with van der Waals surface area (Å²) < 4.78 is 68.7. The van der Waals surface area contributed by atoms with Crippen molar-refractivity contribution in [2.45, 2.75) is 22.8 Å². The summed E-state index contributed by atoms with van der Waals surface area (Å²) >= 11 is 0. The quantitative estimate of drug-likeness (QED) is 0.821. The molecule has 2 rings (SSSR count). The second-order valence-electron chi connectivity index (χ2n) is 5.48. The van der Waals surface area contributed by atoms with E-state index in [0.717, 1.165) is 6.26 Å². The first-order valence-electron chi connectivity index (χ1n) is 7.20. The fourth-order valence-electron chi connectivity index (χ4n) is 2.19. The van der Waals surface area contributed by atoms with Crippen LogP contribution in [0.1, 0.15) is 18.5 Å². The van der Waals surface area contributed by atoms with Gasteiger partial charge in [-0.25, -0.2) is 25.9 Å². The molecule has 136 valence electrons. The number of sulfone groups is 1. The van der Waals surface area contributed by atoms with Gasteiger partial charge in [-0.15, -0.1) is 0 Å². The number of nitrogens with one attached hydrogen (secondary N) is 1. The molecule has 0 amide bonds. The minimum Gasteiger partial charge on any atom is -0.494 e. The zero-order valence-corrected chi connectivity index (χ0v) is 15.5. The molecule has 1 N–H and O–H groups in total. The molecule has 9 heteroatoms. The highest BCUT2D eigenvalue weighted by atomic mass is 32.2.